The van der Waals surface area contributed by atoms with E-state index in [1.165, 1.54) is 0 Å². The van der Waals surface area contributed by atoms with Crippen molar-refractivity contribution in [3.05, 3.63) is 52.8 Å². The second kappa shape index (κ2) is 5.59. The van der Waals surface area contributed by atoms with E-state index in [0.717, 1.165) is 40.8 Å². The molecular formula is C17H14ClN3. The first-order chi connectivity index (χ1) is 10.2. The van der Waals surface area contributed by atoms with Gasteiger partial charge in [0.05, 0.1) is 22.2 Å². The molecule has 0 aliphatic carbocycles. The van der Waals surface area contributed by atoms with E-state index >= 15 is 0 Å². The number of fused-ring (bicyclic) bond motifs is 1. The van der Waals surface area contributed by atoms with E-state index in [-0.39, 0.29) is 0 Å². The van der Waals surface area contributed by atoms with Crippen LogP contribution in [0.1, 0.15) is 24.7 Å². The SMILES string of the molecule is CCCc1nc2c(Cl)c(-c3ccc(C#N)cc3)ccc2[nH]1. The summed E-state index contributed by atoms with van der Waals surface area (Å²) in [7, 11) is 0. The normalized spacial score (nSPS) is 10.7. The second-order valence-electron chi connectivity index (χ2n) is 4.95. The smallest absolute Gasteiger partial charge is 0.108 e. The summed E-state index contributed by atoms with van der Waals surface area (Å²) in [6, 6.07) is 13.5. The second-order valence-corrected chi connectivity index (χ2v) is 5.32. The minimum Gasteiger partial charge on any atom is -0.342 e. The number of rotatable bonds is 3. The molecule has 3 nitrogen and oxygen atoms in total. The Bertz CT molecular complexity index is 826. The third-order valence-corrected chi connectivity index (χ3v) is 3.84. The summed E-state index contributed by atoms with van der Waals surface area (Å²) in [6.07, 6.45) is 1.96. The van der Waals surface area contributed by atoms with Crippen molar-refractivity contribution in [1.82, 2.24) is 9.97 Å². The molecule has 21 heavy (non-hydrogen) atoms. The van der Waals surface area contributed by atoms with Gasteiger partial charge in [-0.2, -0.15) is 5.26 Å². The first-order valence-electron chi connectivity index (χ1n) is 6.90. The van der Waals surface area contributed by atoms with Gasteiger partial charge < -0.3 is 4.98 Å². The van der Waals surface area contributed by atoms with Gasteiger partial charge in [0.25, 0.3) is 0 Å². The molecule has 0 spiro atoms. The summed E-state index contributed by atoms with van der Waals surface area (Å²) in [5.41, 5.74) is 4.33. The lowest BCUT2D eigenvalue weighted by Crippen LogP contribution is -1.84. The summed E-state index contributed by atoms with van der Waals surface area (Å²) in [5, 5.41) is 9.51. The summed E-state index contributed by atoms with van der Waals surface area (Å²) in [4.78, 5) is 7.88. The molecule has 1 aromatic heterocycles. The highest BCUT2D eigenvalue weighted by Crippen LogP contribution is 2.33. The van der Waals surface area contributed by atoms with Gasteiger partial charge >= 0.3 is 0 Å². The van der Waals surface area contributed by atoms with Gasteiger partial charge in [-0.05, 0) is 30.2 Å². The number of hydrogen-bond donors (Lipinski definition) is 1. The fourth-order valence-electron chi connectivity index (χ4n) is 2.40. The van der Waals surface area contributed by atoms with Crippen LogP contribution in [0.15, 0.2) is 36.4 Å². The molecule has 1 N–H and O–H groups in total. The predicted molar refractivity (Wildman–Crippen MR) is 85.2 cm³/mol. The van der Waals surface area contributed by atoms with E-state index in [0.29, 0.717) is 10.6 Å². The number of nitrogens with one attached hydrogen (secondary N) is 1. The van der Waals surface area contributed by atoms with Crippen LogP contribution in [0.4, 0.5) is 0 Å². The molecule has 0 saturated carbocycles. The highest BCUT2D eigenvalue weighted by atomic mass is 35.5. The van der Waals surface area contributed by atoms with Crippen LogP contribution in [0.3, 0.4) is 0 Å². The number of aryl methyl sites for hydroxylation is 1. The number of halogens is 1. The number of nitrogens with zero attached hydrogens (tertiary/aromatic N) is 2. The molecule has 0 unspecified atom stereocenters. The fourth-order valence-corrected chi connectivity index (χ4v) is 2.71. The fraction of sp³-hybridized carbons (Fsp3) is 0.176. The van der Waals surface area contributed by atoms with E-state index < -0.39 is 0 Å². The van der Waals surface area contributed by atoms with Gasteiger partial charge in [-0.25, -0.2) is 4.98 Å². The number of nitriles is 1. The van der Waals surface area contributed by atoms with E-state index in [1.807, 2.05) is 24.3 Å². The van der Waals surface area contributed by atoms with Crippen molar-refractivity contribution in [2.45, 2.75) is 19.8 Å². The largest absolute Gasteiger partial charge is 0.342 e. The van der Waals surface area contributed by atoms with E-state index in [9.17, 15) is 0 Å². The maximum absolute atomic E-state index is 8.86. The van der Waals surface area contributed by atoms with Crippen LogP contribution in [0.2, 0.25) is 5.02 Å². The van der Waals surface area contributed by atoms with Crippen LogP contribution in [0.5, 0.6) is 0 Å². The molecule has 0 atom stereocenters. The predicted octanol–water partition coefficient (Wildman–Crippen LogP) is 4.71. The zero-order valence-corrected chi connectivity index (χ0v) is 12.4. The molecule has 104 valence electrons. The molecular weight excluding hydrogens is 282 g/mol. The number of benzene rings is 2. The summed E-state index contributed by atoms with van der Waals surface area (Å²) in [5.74, 6) is 0.964. The lowest BCUT2D eigenvalue weighted by molar-refractivity contribution is 0.861. The third kappa shape index (κ3) is 2.51. The zero-order valence-electron chi connectivity index (χ0n) is 11.7. The van der Waals surface area contributed by atoms with E-state index in [2.05, 4.69) is 23.0 Å². The molecule has 4 heteroatoms. The summed E-state index contributed by atoms with van der Waals surface area (Å²) >= 11 is 6.52. The summed E-state index contributed by atoms with van der Waals surface area (Å²) < 4.78 is 0. The molecule has 0 amide bonds. The van der Waals surface area contributed by atoms with Gasteiger partial charge in [0, 0.05) is 12.0 Å². The Balaban J connectivity index is 2.10. The maximum Gasteiger partial charge on any atom is 0.108 e. The Morgan fingerprint density at radius 1 is 1.19 bits per heavy atom. The Kier molecular flexibility index (Phi) is 3.64. The van der Waals surface area contributed by atoms with Crippen LogP contribution in [-0.4, -0.2) is 9.97 Å². The number of imidazole rings is 1. The Labute approximate surface area is 128 Å². The topological polar surface area (TPSA) is 52.5 Å². The first kappa shape index (κ1) is 13.7. The van der Waals surface area contributed by atoms with Crippen molar-refractivity contribution < 1.29 is 0 Å². The van der Waals surface area contributed by atoms with Crippen molar-refractivity contribution >= 4 is 22.6 Å². The lowest BCUT2D eigenvalue weighted by Gasteiger charge is -2.05. The number of aromatic nitrogens is 2. The van der Waals surface area contributed by atoms with E-state index in [4.69, 9.17) is 16.9 Å². The van der Waals surface area contributed by atoms with Crippen LogP contribution in [-0.2, 0) is 6.42 Å². The molecule has 0 bridgehead atoms. The average molecular weight is 296 g/mol. The molecule has 0 radical (unpaired) electrons. The van der Waals surface area contributed by atoms with Crippen LogP contribution in [0.25, 0.3) is 22.2 Å². The van der Waals surface area contributed by atoms with Gasteiger partial charge in [0.15, 0.2) is 0 Å². The standard InChI is InChI=1S/C17H14ClN3/c1-2-3-15-20-14-9-8-13(16(18)17(14)21-15)12-6-4-11(10-19)5-7-12/h4-9H,2-3H2,1H3,(H,20,21). The van der Waals surface area contributed by atoms with Gasteiger partial charge in [0.2, 0.25) is 0 Å². The van der Waals surface area contributed by atoms with Gasteiger partial charge in [-0.1, -0.05) is 36.7 Å². The highest BCUT2D eigenvalue weighted by molar-refractivity contribution is 6.37. The van der Waals surface area contributed by atoms with Crippen molar-refractivity contribution in [3.63, 3.8) is 0 Å². The molecule has 3 rings (SSSR count). The quantitative estimate of drug-likeness (QED) is 0.761. The number of H-pyrrole nitrogens is 1. The van der Waals surface area contributed by atoms with Crippen LogP contribution < -0.4 is 0 Å². The molecule has 3 aromatic rings. The first-order valence-corrected chi connectivity index (χ1v) is 7.28. The molecule has 0 fully saturated rings. The van der Waals surface area contributed by atoms with Crippen molar-refractivity contribution in [1.29, 1.82) is 5.26 Å². The van der Waals surface area contributed by atoms with Crippen molar-refractivity contribution in [2.75, 3.05) is 0 Å². The Morgan fingerprint density at radius 3 is 2.62 bits per heavy atom. The van der Waals surface area contributed by atoms with Crippen molar-refractivity contribution in [3.8, 4) is 17.2 Å². The molecule has 0 aliphatic heterocycles. The van der Waals surface area contributed by atoms with Gasteiger partial charge in [0.1, 0.15) is 11.3 Å². The number of aromatic amines is 1. The highest BCUT2D eigenvalue weighted by Gasteiger charge is 2.11. The zero-order chi connectivity index (χ0) is 14.8. The minimum absolute atomic E-state index is 0.640. The van der Waals surface area contributed by atoms with Crippen LogP contribution >= 0.6 is 11.6 Å². The molecule has 2 aromatic carbocycles. The molecule has 0 saturated heterocycles. The average Bonchev–Trinajstić information content (AvgIpc) is 2.92. The minimum atomic E-state index is 0.640. The van der Waals surface area contributed by atoms with E-state index in [1.54, 1.807) is 12.1 Å². The monoisotopic (exact) mass is 295 g/mol. The third-order valence-electron chi connectivity index (χ3n) is 3.45. The number of hydrogen-bond acceptors (Lipinski definition) is 2. The maximum atomic E-state index is 8.86. The van der Waals surface area contributed by atoms with Crippen LogP contribution in [0, 0.1) is 11.3 Å². The lowest BCUT2D eigenvalue weighted by atomic mass is 10.0. The van der Waals surface area contributed by atoms with Gasteiger partial charge in [-0.3, -0.25) is 0 Å². The van der Waals surface area contributed by atoms with Gasteiger partial charge in [-0.15, -0.1) is 0 Å². The Morgan fingerprint density at radius 2 is 1.95 bits per heavy atom. The van der Waals surface area contributed by atoms with Crippen molar-refractivity contribution in [2.24, 2.45) is 0 Å². The Hall–Kier alpha value is -2.31. The summed E-state index contributed by atoms with van der Waals surface area (Å²) in [6.45, 7) is 2.12. The molecule has 1 heterocycles. The molecule has 0 aliphatic rings.